The van der Waals surface area contributed by atoms with E-state index >= 15 is 0 Å². The van der Waals surface area contributed by atoms with Crippen LogP contribution in [-0.4, -0.2) is 29.5 Å². The number of nitrogens with one attached hydrogen (secondary N) is 2. The van der Waals surface area contributed by atoms with E-state index in [1.807, 2.05) is 0 Å². The van der Waals surface area contributed by atoms with Crippen LogP contribution in [-0.2, 0) is 4.79 Å². The first-order chi connectivity index (χ1) is 14.9. The number of furan rings is 1. The summed E-state index contributed by atoms with van der Waals surface area (Å²) in [5.41, 5.74) is 3.05. The Labute approximate surface area is 175 Å². The monoisotopic (exact) mass is 424 g/mol. The van der Waals surface area contributed by atoms with Crippen molar-refractivity contribution in [2.45, 2.75) is 6.92 Å². The highest BCUT2D eigenvalue weighted by Gasteiger charge is 2.16. The Hall–Kier alpha value is -4.34. The van der Waals surface area contributed by atoms with Crippen LogP contribution in [0.1, 0.15) is 21.7 Å². The maximum absolute atomic E-state index is 13.5. The number of nitro groups is 1. The average Bonchev–Trinajstić information content (AvgIpc) is 3.21. The highest BCUT2D eigenvalue weighted by molar-refractivity contribution is 5.96. The van der Waals surface area contributed by atoms with Gasteiger partial charge in [0.1, 0.15) is 17.3 Å². The van der Waals surface area contributed by atoms with Crippen molar-refractivity contribution in [1.29, 1.82) is 0 Å². The van der Waals surface area contributed by atoms with Crippen LogP contribution in [0.2, 0.25) is 0 Å². The van der Waals surface area contributed by atoms with E-state index < -0.39 is 29.1 Å². The van der Waals surface area contributed by atoms with Crippen LogP contribution >= 0.6 is 0 Å². The molecule has 3 aromatic rings. The van der Waals surface area contributed by atoms with Gasteiger partial charge < -0.3 is 9.73 Å². The highest BCUT2D eigenvalue weighted by atomic mass is 19.1. The number of rotatable bonds is 7. The van der Waals surface area contributed by atoms with Gasteiger partial charge in [-0.1, -0.05) is 24.3 Å². The molecule has 0 fully saturated rings. The number of halogens is 1. The van der Waals surface area contributed by atoms with Gasteiger partial charge >= 0.3 is 0 Å². The van der Waals surface area contributed by atoms with Gasteiger partial charge in [-0.15, -0.1) is 0 Å². The average molecular weight is 424 g/mol. The Kier molecular flexibility index (Phi) is 6.51. The zero-order chi connectivity index (χ0) is 22.4. The van der Waals surface area contributed by atoms with Crippen molar-refractivity contribution >= 4 is 23.7 Å². The maximum Gasteiger partial charge on any atom is 0.273 e. The van der Waals surface area contributed by atoms with E-state index in [1.165, 1.54) is 30.5 Å². The molecular weight excluding hydrogens is 407 g/mol. The molecule has 0 atom stereocenters. The van der Waals surface area contributed by atoms with Gasteiger partial charge in [-0.05, 0) is 31.2 Å². The van der Waals surface area contributed by atoms with Gasteiger partial charge in [0, 0.05) is 17.2 Å². The molecule has 31 heavy (non-hydrogen) atoms. The summed E-state index contributed by atoms with van der Waals surface area (Å²) in [6, 6.07) is 13.3. The van der Waals surface area contributed by atoms with Crippen LogP contribution < -0.4 is 10.7 Å². The number of amides is 2. The topological polar surface area (TPSA) is 127 Å². The van der Waals surface area contributed by atoms with E-state index in [2.05, 4.69) is 15.8 Å². The summed E-state index contributed by atoms with van der Waals surface area (Å²) in [5.74, 6) is -1.32. The second-order valence-electron chi connectivity index (χ2n) is 6.36. The van der Waals surface area contributed by atoms with E-state index in [0.29, 0.717) is 22.6 Å². The lowest BCUT2D eigenvalue weighted by molar-refractivity contribution is -0.385. The molecule has 0 spiro atoms. The third-order valence-corrected chi connectivity index (χ3v) is 4.30. The zero-order valence-electron chi connectivity index (χ0n) is 16.3. The minimum atomic E-state index is -0.722. The fourth-order valence-electron chi connectivity index (χ4n) is 2.76. The van der Waals surface area contributed by atoms with Crippen LogP contribution in [0.25, 0.3) is 11.3 Å². The second kappa shape index (κ2) is 9.44. The van der Waals surface area contributed by atoms with Crippen molar-refractivity contribution in [3.63, 3.8) is 0 Å². The fourth-order valence-corrected chi connectivity index (χ4v) is 2.76. The molecule has 0 saturated carbocycles. The second-order valence-corrected chi connectivity index (χ2v) is 6.36. The Morgan fingerprint density at radius 3 is 2.68 bits per heavy atom. The van der Waals surface area contributed by atoms with Crippen molar-refractivity contribution in [2.75, 3.05) is 6.54 Å². The summed E-state index contributed by atoms with van der Waals surface area (Å²) < 4.78 is 19.1. The number of hydrogen-bond acceptors (Lipinski definition) is 6. The van der Waals surface area contributed by atoms with Gasteiger partial charge in [-0.25, -0.2) is 9.82 Å². The molecule has 3 rings (SSSR count). The summed E-state index contributed by atoms with van der Waals surface area (Å²) in [7, 11) is 0. The summed E-state index contributed by atoms with van der Waals surface area (Å²) in [6.45, 7) is 1.22. The molecule has 0 radical (unpaired) electrons. The molecule has 158 valence electrons. The minimum Gasteiger partial charge on any atom is -0.455 e. The number of nitrogens with zero attached hydrogens (tertiary/aromatic N) is 2. The van der Waals surface area contributed by atoms with E-state index in [4.69, 9.17) is 4.42 Å². The molecule has 2 aromatic carbocycles. The molecule has 1 heterocycles. The van der Waals surface area contributed by atoms with Crippen LogP contribution in [0.4, 0.5) is 10.1 Å². The smallest absolute Gasteiger partial charge is 0.273 e. The molecule has 0 aliphatic heterocycles. The summed E-state index contributed by atoms with van der Waals surface area (Å²) in [6.07, 6.45) is 1.24. The molecule has 2 amide bonds. The van der Waals surface area contributed by atoms with Gasteiger partial charge in [-0.2, -0.15) is 5.10 Å². The number of carbonyl (C=O) groups excluding carboxylic acids is 2. The fraction of sp³-hybridized carbons (Fsp3) is 0.0952. The summed E-state index contributed by atoms with van der Waals surface area (Å²) in [5, 5.41) is 17.1. The minimum absolute atomic E-state index is 0.0196. The normalized spacial score (nSPS) is 10.8. The summed E-state index contributed by atoms with van der Waals surface area (Å²) >= 11 is 0. The number of benzene rings is 2. The SMILES string of the molecule is Cc1c(-c2ccc(/C=N\NC(=O)CNC(=O)c3ccccc3F)o2)cccc1[N+](=O)[O-]. The third kappa shape index (κ3) is 5.18. The molecule has 0 unspecified atom stereocenters. The molecule has 0 saturated heterocycles. The largest absolute Gasteiger partial charge is 0.455 e. The van der Waals surface area contributed by atoms with E-state index in [9.17, 15) is 24.1 Å². The van der Waals surface area contributed by atoms with Crippen LogP contribution in [0.5, 0.6) is 0 Å². The number of hydrogen-bond donors (Lipinski definition) is 2. The highest BCUT2D eigenvalue weighted by Crippen LogP contribution is 2.30. The first kappa shape index (κ1) is 21.4. The molecule has 1 aromatic heterocycles. The van der Waals surface area contributed by atoms with Gasteiger partial charge in [0.05, 0.1) is 23.2 Å². The molecule has 9 nitrogen and oxygen atoms in total. The third-order valence-electron chi connectivity index (χ3n) is 4.30. The molecular formula is C21H17FN4O5. The maximum atomic E-state index is 13.5. The molecule has 0 bridgehead atoms. The van der Waals surface area contributed by atoms with Crippen LogP contribution in [0, 0.1) is 22.9 Å². The van der Waals surface area contributed by atoms with Crippen molar-refractivity contribution in [1.82, 2.24) is 10.7 Å². The first-order valence-electron chi connectivity index (χ1n) is 9.05. The van der Waals surface area contributed by atoms with Gasteiger partial charge in [0.25, 0.3) is 17.5 Å². The van der Waals surface area contributed by atoms with Gasteiger partial charge in [0.15, 0.2) is 0 Å². The Morgan fingerprint density at radius 1 is 1.16 bits per heavy atom. The lowest BCUT2D eigenvalue weighted by Gasteiger charge is -2.04. The number of nitro benzene ring substituents is 1. The van der Waals surface area contributed by atoms with E-state index in [0.717, 1.165) is 6.07 Å². The summed E-state index contributed by atoms with van der Waals surface area (Å²) in [4.78, 5) is 34.3. The van der Waals surface area contributed by atoms with Crippen LogP contribution in [0.3, 0.4) is 0 Å². The molecule has 0 aliphatic carbocycles. The molecule has 2 N–H and O–H groups in total. The Balaban J connectivity index is 1.56. The Morgan fingerprint density at radius 2 is 1.94 bits per heavy atom. The lowest BCUT2D eigenvalue weighted by atomic mass is 10.1. The number of carbonyl (C=O) groups is 2. The number of hydrazone groups is 1. The van der Waals surface area contributed by atoms with E-state index in [1.54, 1.807) is 31.2 Å². The van der Waals surface area contributed by atoms with Gasteiger partial charge in [-0.3, -0.25) is 19.7 Å². The standard InChI is InChI=1S/C21H17FN4O5/c1-13-15(6-4-8-18(13)26(29)30)19-10-9-14(31-19)11-24-25-20(27)12-23-21(28)16-5-2-3-7-17(16)22/h2-11H,12H2,1H3,(H,23,28)(H,25,27)/b24-11-. The van der Waals surface area contributed by atoms with Crippen LogP contribution in [0.15, 0.2) is 64.1 Å². The van der Waals surface area contributed by atoms with Crippen molar-refractivity contribution in [3.05, 3.63) is 87.4 Å². The van der Waals surface area contributed by atoms with Crippen molar-refractivity contribution in [3.8, 4) is 11.3 Å². The van der Waals surface area contributed by atoms with E-state index in [-0.39, 0.29) is 11.3 Å². The zero-order valence-corrected chi connectivity index (χ0v) is 16.3. The molecule has 10 heteroatoms. The lowest BCUT2D eigenvalue weighted by Crippen LogP contribution is -2.35. The molecule has 0 aliphatic rings. The first-order valence-corrected chi connectivity index (χ1v) is 9.05. The van der Waals surface area contributed by atoms with Gasteiger partial charge in [0.2, 0.25) is 0 Å². The Bertz CT molecular complexity index is 1170. The predicted molar refractivity (Wildman–Crippen MR) is 110 cm³/mol. The predicted octanol–water partition coefficient (Wildman–Crippen LogP) is 3.18. The van der Waals surface area contributed by atoms with Crippen molar-refractivity contribution < 1.29 is 23.3 Å². The quantitative estimate of drug-likeness (QED) is 0.342. The van der Waals surface area contributed by atoms with Crippen molar-refractivity contribution in [2.24, 2.45) is 5.10 Å².